The number of hydrogen-bond acceptors (Lipinski definition) is 4. The minimum absolute atomic E-state index is 0.168. The highest BCUT2D eigenvalue weighted by Crippen LogP contribution is 2.18. The molecule has 1 aromatic carbocycles. The van der Waals surface area contributed by atoms with Crippen LogP contribution in [0.4, 0.5) is 0 Å². The molecule has 0 atom stereocenters. The first-order chi connectivity index (χ1) is 9.91. The molecule has 1 amide bonds. The molecular weight excluding hydrogens is 360 g/mol. The molecule has 1 aliphatic rings. The van der Waals surface area contributed by atoms with Gasteiger partial charge in [-0.25, -0.2) is 8.42 Å². The normalized spacial score (nSPS) is 16.2. The number of likely N-dealkylation sites (N-methyl/N-ethyl adjacent to an activating group) is 1. The summed E-state index contributed by atoms with van der Waals surface area (Å²) in [4.78, 5) is 13.9. The van der Waals surface area contributed by atoms with E-state index in [0.717, 1.165) is 8.78 Å². The van der Waals surface area contributed by atoms with Crippen LogP contribution in [0.15, 0.2) is 33.6 Å². The number of carbonyl (C=O) groups excluding carboxylic acids is 1. The molecule has 0 N–H and O–H groups in total. The molecular formula is C13H17BrN2O4S. The second kappa shape index (κ2) is 6.87. The van der Waals surface area contributed by atoms with E-state index in [9.17, 15) is 13.2 Å². The predicted octanol–water partition coefficient (Wildman–Crippen LogP) is 0.928. The van der Waals surface area contributed by atoms with E-state index < -0.39 is 10.0 Å². The van der Waals surface area contributed by atoms with E-state index in [1.165, 1.54) is 19.2 Å². The average Bonchev–Trinajstić information content (AvgIpc) is 2.48. The molecule has 6 nitrogen and oxygen atoms in total. The van der Waals surface area contributed by atoms with Gasteiger partial charge in [-0.05, 0) is 24.3 Å². The smallest absolute Gasteiger partial charge is 0.243 e. The Morgan fingerprint density at radius 3 is 2.43 bits per heavy atom. The second-order valence-electron chi connectivity index (χ2n) is 4.71. The Labute approximate surface area is 132 Å². The van der Waals surface area contributed by atoms with Gasteiger partial charge in [-0.2, -0.15) is 4.31 Å². The summed E-state index contributed by atoms with van der Waals surface area (Å²) in [5.74, 6) is -0.207. The van der Waals surface area contributed by atoms with Crippen molar-refractivity contribution >= 4 is 31.9 Å². The van der Waals surface area contributed by atoms with E-state index in [-0.39, 0.29) is 17.3 Å². The number of benzene rings is 1. The highest BCUT2D eigenvalue weighted by atomic mass is 79.9. The van der Waals surface area contributed by atoms with E-state index in [1.54, 1.807) is 17.0 Å². The van der Waals surface area contributed by atoms with Gasteiger partial charge in [0.25, 0.3) is 0 Å². The molecule has 8 heteroatoms. The first-order valence-corrected chi connectivity index (χ1v) is 8.72. The van der Waals surface area contributed by atoms with Crippen LogP contribution in [0.25, 0.3) is 0 Å². The number of nitrogens with zero attached hydrogens (tertiary/aromatic N) is 2. The lowest BCUT2D eigenvalue weighted by atomic mass is 10.4. The summed E-state index contributed by atoms with van der Waals surface area (Å²) >= 11 is 3.26. The Bertz CT molecular complexity index is 597. The van der Waals surface area contributed by atoms with Crippen LogP contribution in [0.1, 0.15) is 0 Å². The average molecular weight is 377 g/mol. The maximum atomic E-state index is 12.4. The number of rotatable bonds is 4. The molecule has 21 heavy (non-hydrogen) atoms. The van der Waals surface area contributed by atoms with Crippen LogP contribution in [-0.4, -0.2) is 63.4 Å². The summed E-state index contributed by atoms with van der Waals surface area (Å²) in [7, 11) is -2.24. The Hall–Kier alpha value is -0.960. The lowest BCUT2D eigenvalue weighted by Crippen LogP contribution is -2.46. The molecule has 1 fully saturated rings. The summed E-state index contributed by atoms with van der Waals surface area (Å²) in [6.45, 7) is 1.83. The van der Waals surface area contributed by atoms with Crippen molar-refractivity contribution in [3.05, 3.63) is 28.7 Å². The summed E-state index contributed by atoms with van der Waals surface area (Å²) < 4.78 is 31.8. The quantitative estimate of drug-likeness (QED) is 0.783. The Balaban J connectivity index is 2.06. The highest BCUT2D eigenvalue weighted by Gasteiger charge is 2.25. The summed E-state index contributed by atoms with van der Waals surface area (Å²) in [6, 6.07) is 6.33. The van der Waals surface area contributed by atoms with E-state index in [1.807, 2.05) is 0 Å². The Morgan fingerprint density at radius 2 is 1.86 bits per heavy atom. The van der Waals surface area contributed by atoms with Gasteiger partial charge in [0.05, 0.1) is 24.7 Å². The molecule has 1 aromatic rings. The zero-order chi connectivity index (χ0) is 15.5. The van der Waals surface area contributed by atoms with Crippen molar-refractivity contribution in [2.24, 2.45) is 0 Å². The van der Waals surface area contributed by atoms with Crippen LogP contribution < -0.4 is 0 Å². The van der Waals surface area contributed by atoms with Gasteiger partial charge in [-0.3, -0.25) is 4.79 Å². The number of halogens is 1. The maximum absolute atomic E-state index is 12.4. The SMILES string of the molecule is CN(CC(=O)N1CCOCC1)S(=O)(=O)c1ccc(Br)cc1. The van der Waals surface area contributed by atoms with Gasteiger partial charge in [0.2, 0.25) is 15.9 Å². The van der Waals surface area contributed by atoms with Crippen molar-refractivity contribution in [2.75, 3.05) is 39.9 Å². The third-order valence-corrected chi connectivity index (χ3v) is 5.59. The van der Waals surface area contributed by atoms with Crippen LogP contribution in [-0.2, 0) is 19.6 Å². The van der Waals surface area contributed by atoms with Crippen molar-refractivity contribution in [3.8, 4) is 0 Å². The molecule has 1 saturated heterocycles. The third-order valence-electron chi connectivity index (χ3n) is 3.24. The number of sulfonamides is 1. The van der Waals surface area contributed by atoms with Crippen LogP contribution in [0.3, 0.4) is 0 Å². The molecule has 0 aliphatic carbocycles. The highest BCUT2D eigenvalue weighted by molar-refractivity contribution is 9.10. The van der Waals surface area contributed by atoms with Gasteiger partial charge in [-0.1, -0.05) is 15.9 Å². The van der Waals surface area contributed by atoms with Gasteiger partial charge < -0.3 is 9.64 Å². The van der Waals surface area contributed by atoms with Crippen molar-refractivity contribution in [1.82, 2.24) is 9.21 Å². The molecule has 116 valence electrons. The largest absolute Gasteiger partial charge is 0.378 e. The van der Waals surface area contributed by atoms with E-state index in [4.69, 9.17) is 4.74 Å². The van der Waals surface area contributed by atoms with Gasteiger partial charge in [0.1, 0.15) is 0 Å². The first kappa shape index (κ1) is 16.4. The zero-order valence-electron chi connectivity index (χ0n) is 11.7. The van der Waals surface area contributed by atoms with E-state index >= 15 is 0 Å². The second-order valence-corrected chi connectivity index (χ2v) is 7.67. The molecule has 0 unspecified atom stereocenters. The number of ether oxygens (including phenoxy) is 1. The van der Waals surface area contributed by atoms with Crippen LogP contribution in [0.5, 0.6) is 0 Å². The molecule has 0 aromatic heterocycles. The van der Waals surface area contributed by atoms with Crippen molar-refractivity contribution in [2.45, 2.75) is 4.90 Å². The fraction of sp³-hybridized carbons (Fsp3) is 0.462. The fourth-order valence-corrected chi connectivity index (χ4v) is 3.36. The van der Waals surface area contributed by atoms with Gasteiger partial charge in [0, 0.05) is 24.6 Å². The van der Waals surface area contributed by atoms with Gasteiger partial charge >= 0.3 is 0 Å². The minimum Gasteiger partial charge on any atom is -0.378 e. The third kappa shape index (κ3) is 4.03. The van der Waals surface area contributed by atoms with E-state index in [2.05, 4.69) is 15.9 Å². The van der Waals surface area contributed by atoms with E-state index in [0.29, 0.717) is 26.3 Å². The van der Waals surface area contributed by atoms with Gasteiger partial charge in [0.15, 0.2) is 0 Å². The summed E-state index contributed by atoms with van der Waals surface area (Å²) in [5, 5.41) is 0. The summed E-state index contributed by atoms with van der Waals surface area (Å²) in [6.07, 6.45) is 0. The fourth-order valence-electron chi connectivity index (χ4n) is 1.97. The number of carbonyl (C=O) groups is 1. The number of amides is 1. The molecule has 0 bridgehead atoms. The number of hydrogen-bond donors (Lipinski definition) is 0. The van der Waals surface area contributed by atoms with Crippen LogP contribution in [0.2, 0.25) is 0 Å². The van der Waals surface area contributed by atoms with Crippen LogP contribution >= 0.6 is 15.9 Å². The van der Waals surface area contributed by atoms with Crippen LogP contribution in [0, 0.1) is 0 Å². The van der Waals surface area contributed by atoms with Gasteiger partial charge in [-0.15, -0.1) is 0 Å². The molecule has 0 saturated carbocycles. The minimum atomic E-state index is -3.66. The lowest BCUT2D eigenvalue weighted by Gasteiger charge is -2.28. The number of morpholine rings is 1. The molecule has 2 rings (SSSR count). The summed E-state index contributed by atoms with van der Waals surface area (Å²) in [5.41, 5.74) is 0. The van der Waals surface area contributed by atoms with Crippen molar-refractivity contribution < 1.29 is 17.9 Å². The topological polar surface area (TPSA) is 66.9 Å². The Morgan fingerprint density at radius 1 is 1.29 bits per heavy atom. The first-order valence-electron chi connectivity index (χ1n) is 6.48. The molecule has 0 spiro atoms. The maximum Gasteiger partial charge on any atom is 0.243 e. The standard InChI is InChI=1S/C13H17BrN2O4S/c1-15(10-13(17)16-6-8-20-9-7-16)21(18,19)12-4-2-11(14)3-5-12/h2-5H,6-10H2,1H3. The molecule has 1 aliphatic heterocycles. The van der Waals surface area contributed by atoms with Crippen molar-refractivity contribution in [3.63, 3.8) is 0 Å². The lowest BCUT2D eigenvalue weighted by molar-refractivity contribution is -0.135. The monoisotopic (exact) mass is 376 g/mol. The molecule has 1 heterocycles. The Kier molecular flexibility index (Phi) is 5.37. The predicted molar refractivity (Wildman–Crippen MR) is 81.4 cm³/mol. The zero-order valence-corrected chi connectivity index (χ0v) is 14.1. The van der Waals surface area contributed by atoms with Crippen molar-refractivity contribution in [1.29, 1.82) is 0 Å². The molecule has 0 radical (unpaired) electrons.